The van der Waals surface area contributed by atoms with Crippen molar-refractivity contribution >= 4 is 12.6 Å². The Kier molecular flexibility index (Phi) is 2.24. The highest BCUT2D eigenvalue weighted by atomic mass is 19.3. The topological polar surface area (TPSA) is 34.1 Å². The molecule has 0 atom stereocenters. The molecule has 0 bridgehead atoms. The van der Waals surface area contributed by atoms with Crippen LogP contribution in [0.25, 0.3) is 0 Å². The summed E-state index contributed by atoms with van der Waals surface area (Å²) in [4.78, 5) is 18.5. The molecule has 0 unspecified atom stereocenters. The van der Waals surface area contributed by atoms with Gasteiger partial charge in [0.1, 0.15) is 0 Å². The van der Waals surface area contributed by atoms with Gasteiger partial charge in [0.25, 0.3) is 0 Å². The lowest BCUT2D eigenvalue weighted by atomic mass is 10.3. The number of carbonyl (C=O) groups is 1. The van der Waals surface area contributed by atoms with Crippen LogP contribution in [-0.4, -0.2) is 18.5 Å². The summed E-state index contributed by atoms with van der Waals surface area (Å²) in [6, 6.07) is 0. The lowest BCUT2D eigenvalue weighted by molar-refractivity contribution is -0.128. The third kappa shape index (κ3) is 2.39. The fraction of sp³-hybridized carbons (Fsp3) is 0.500. The maximum Gasteiger partial charge on any atom is 0.309 e. The lowest BCUT2D eigenvalue weighted by Crippen LogP contribution is -2.17. The van der Waals surface area contributed by atoms with Crippen molar-refractivity contribution in [1.29, 1.82) is 0 Å². The summed E-state index contributed by atoms with van der Waals surface area (Å²) in [5.74, 6) is -3.51. The van der Waals surface area contributed by atoms with Crippen LogP contribution in [0.5, 0.6) is 0 Å². The molecule has 0 saturated carbocycles. The maximum absolute atomic E-state index is 11.5. The zero-order valence-electron chi connectivity index (χ0n) is 3.86. The van der Waals surface area contributed by atoms with Crippen molar-refractivity contribution in [3.63, 3.8) is 0 Å². The molecule has 0 N–H and O–H groups in total. The third-order valence-corrected chi connectivity index (χ3v) is 0.480. The smallest absolute Gasteiger partial charge is 0.297 e. The highest BCUT2D eigenvalue weighted by molar-refractivity contribution is 5.67. The standard InChI is InChI=1S/C4H3F2O2/c5-4(6,3-8)1-2-7/h3H,1H2. The molecule has 8 heavy (non-hydrogen) atoms. The zero-order valence-corrected chi connectivity index (χ0v) is 3.86. The van der Waals surface area contributed by atoms with Crippen LogP contribution < -0.4 is 0 Å². The quantitative estimate of drug-likeness (QED) is 0.504. The number of hydrogen-bond donors (Lipinski definition) is 0. The largest absolute Gasteiger partial charge is 0.309 e. The van der Waals surface area contributed by atoms with E-state index in [4.69, 9.17) is 0 Å². The fourth-order valence-corrected chi connectivity index (χ4v) is 0.138. The third-order valence-electron chi connectivity index (χ3n) is 0.480. The van der Waals surface area contributed by atoms with Gasteiger partial charge in [-0.25, -0.2) is 0 Å². The summed E-state index contributed by atoms with van der Waals surface area (Å²) in [5.41, 5.74) is 0. The van der Waals surface area contributed by atoms with Crippen molar-refractivity contribution < 1.29 is 18.4 Å². The predicted molar refractivity (Wildman–Crippen MR) is 21.3 cm³/mol. The first kappa shape index (κ1) is 7.20. The number of hydrogen-bond acceptors (Lipinski definition) is 2. The Morgan fingerprint density at radius 2 is 2.12 bits per heavy atom. The molecule has 4 heteroatoms. The van der Waals surface area contributed by atoms with Crippen LogP contribution in [0.4, 0.5) is 8.78 Å². The van der Waals surface area contributed by atoms with Crippen molar-refractivity contribution in [3.05, 3.63) is 0 Å². The van der Waals surface area contributed by atoms with Crippen LogP contribution in [0.15, 0.2) is 0 Å². The second-order valence-corrected chi connectivity index (χ2v) is 1.20. The summed E-state index contributed by atoms with van der Waals surface area (Å²) in [6.45, 7) is 0. The van der Waals surface area contributed by atoms with Crippen molar-refractivity contribution in [2.75, 3.05) is 0 Å². The number of aldehydes is 1. The minimum atomic E-state index is -3.51. The SMILES string of the molecule is O=[C]CC(F)(F)C=O. The van der Waals surface area contributed by atoms with Gasteiger partial charge in [-0.15, -0.1) is 0 Å². The van der Waals surface area contributed by atoms with E-state index >= 15 is 0 Å². The van der Waals surface area contributed by atoms with E-state index in [2.05, 4.69) is 0 Å². The van der Waals surface area contributed by atoms with Gasteiger partial charge in [-0.05, 0) is 0 Å². The molecular formula is C4H3F2O2. The Morgan fingerprint density at radius 1 is 1.62 bits per heavy atom. The second-order valence-electron chi connectivity index (χ2n) is 1.20. The van der Waals surface area contributed by atoms with Crippen molar-refractivity contribution in [1.82, 2.24) is 0 Å². The number of carbonyl (C=O) groups excluding carboxylic acids is 2. The van der Waals surface area contributed by atoms with Crippen LogP contribution >= 0.6 is 0 Å². The fourth-order valence-electron chi connectivity index (χ4n) is 0.138. The van der Waals surface area contributed by atoms with Gasteiger partial charge < -0.3 is 0 Å². The van der Waals surface area contributed by atoms with Crippen LogP contribution in [0.1, 0.15) is 6.42 Å². The van der Waals surface area contributed by atoms with E-state index in [-0.39, 0.29) is 0 Å². The van der Waals surface area contributed by atoms with Gasteiger partial charge in [0.05, 0.1) is 6.42 Å². The highest BCUT2D eigenvalue weighted by Gasteiger charge is 2.27. The van der Waals surface area contributed by atoms with Gasteiger partial charge in [-0.2, -0.15) is 8.78 Å². The van der Waals surface area contributed by atoms with Gasteiger partial charge in [0.2, 0.25) is 6.29 Å². The summed E-state index contributed by atoms with van der Waals surface area (Å²) >= 11 is 0. The molecule has 0 aliphatic rings. The number of halogens is 2. The minimum Gasteiger partial charge on any atom is -0.297 e. The molecule has 0 spiro atoms. The maximum atomic E-state index is 11.5. The summed E-state index contributed by atoms with van der Waals surface area (Å²) in [7, 11) is 0. The highest BCUT2D eigenvalue weighted by Crippen LogP contribution is 2.11. The normalized spacial score (nSPS) is 10.8. The molecule has 1 radical (unpaired) electrons. The average molecular weight is 121 g/mol. The molecule has 2 nitrogen and oxygen atoms in total. The van der Waals surface area contributed by atoms with E-state index in [1.807, 2.05) is 0 Å². The predicted octanol–water partition coefficient (Wildman–Crippen LogP) is 0.320. The summed E-state index contributed by atoms with van der Waals surface area (Å²) in [6.07, 6.45) is -0.786. The van der Waals surface area contributed by atoms with E-state index in [9.17, 15) is 18.4 Å². The molecule has 0 amide bonds. The van der Waals surface area contributed by atoms with E-state index < -0.39 is 18.6 Å². The van der Waals surface area contributed by atoms with Crippen molar-refractivity contribution in [2.45, 2.75) is 12.3 Å². The van der Waals surface area contributed by atoms with Crippen LogP contribution in [0.3, 0.4) is 0 Å². The number of alkyl halides is 2. The molecule has 0 saturated heterocycles. The van der Waals surface area contributed by atoms with Gasteiger partial charge >= 0.3 is 5.92 Å². The van der Waals surface area contributed by atoms with Gasteiger partial charge in [0, 0.05) is 0 Å². The van der Waals surface area contributed by atoms with Crippen LogP contribution in [0.2, 0.25) is 0 Å². The van der Waals surface area contributed by atoms with Gasteiger partial charge in [0.15, 0.2) is 6.29 Å². The van der Waals surface area contributed by atoms with Crippen LogP contribution in [0, 0.1) is 0 Å². The van der Waals surface area contributed by atoms with E-state index in [0.717, 1.165) is 6.29 Å². The monoisotopic (exact) mass is 121 g/mol. The average Bonchev–Trinajstić information content (AvgIpc) is 1.67. The Morgan fingerprint density at radius 3 is 2.25 bits per heavy atom. The first-order valence-corrected chi connectivity index (χ1v) is 1.81. The molecule has 0 aliphatic heterocycles. The van der Waals surface area contributed by atoms with Crippen molar-refractivity contribution in [2.24, 2.45) is 0 Å². The molecule has 0 aromatic carbocycles. The molecule has 45 valence electrons. The Bertz CT molecular complexity index is 100. The van der Waals surface area contributed by atoms with E-state index in [1.165, 1.54) is 0 Å². The lowest BCUT2D eigenvalue weighted by Gasteiger charge is -1.99. The Balaban J connectivity index is 3.70. The molecular weight excluding hydrogens is 118 g/mol. The van der Waals surface area contributed by atoms with Gasteiger partial charge in [-0.3, -0.25) is 9.59 Å². The molecule has 0 aromatic heterocycles. The second kappa shape index (κ2) is 2.49. The molecule has 0 rings (SSSR count). The Labute approximate surface area is 44.5 Å². The molecule has 0 fully saturated rings. The minimum absolute atomic E-state index is 0.572. The van der Waals surface area contributed by atoms with E-state index in [0.29, 0.717) is 0 Å². The first-order chi connectivity index (χ1) is 3.62. The molecule has 0 heterocycles. The Hall–Kier alpha value is -0.800. The van der Waals surface area contributed by atoms with Gasteiger partial charge in [-0.1, -0.05) is 0 Å². The summed E-state index contributed by atoms with van der Waals surface area (Å²) < 4.78 is 23.0. The van der Waals surface area contributed by atoms with Crippen molar-refractivity contribution in [3.8, 4) is 0 Å². The van der Waals surface area contributed by atoms with Crippen LogP contribution in [-0.2, 0) is 9.59 Å². The molecule has 0 aromatic rings. The number of rotatable bonds is 3. The summed E-state index contributed by atoms with van der Waals surface area (Å²) in [5, 5.41) is 0. The molecule has 0 aliphatic carbocycles. The zero-order chi connectivity index (χ0) is 6.62. The van der Waals surface area contributed by atoms with E-state index in [1.54, 1.807) is 0 Å². The first-order valence-electron chi connectivity index (χ1n) is 1.81.